The molecule has 0 aliphatic carbocycles. The van der Waals surface area contributed by atoms with E-state index in [4.69, 9.17) is 30.2 Å². The van der Waals surface area contributed by atoms with Crippen molar-refractivity contribution in [3.63, 3.8) is 0 Å². The summed E-state index contributed by atoms with van der Waals surface area (Å²) in [6, 6.07) is 6.66. The summed E-state index contributed by atoms with van der Waals surface area (Å²) in [5.74, 6) is -1.92. The smallest absolute Gasteiger partial charge is 0.348 e. The number of amides is 1. The third-order valence-electron chi connectivity index (χ3n) is 4.54. The van der Waals surface area contributed by atoms with Crippen LogP contribution in [-0.4, -0.2) is 31.6 Å². The number of benzene rings is 1. The van der Waals surface area contributed by atoms with Crippen LogP contribution in [0, 0.1) is 12.7 Å². The highest BCUT2D eigenvalue weighted by Crippen LogP contribution is 2.35. The molecule has 11 heteroatoms. The van der Waals surface area contributed by atoms with Gasteiger partial charge < -0.3 is 23.9 Å². The van der Waals surface area contributed by atoms with Crippen molar-refractivity contribution in [2.45, 2.75) is 26.9 Å². The molecule has 2 aromatic heterocycles. The molecule has 0 atom stereocenters. The molecule has 0 fully saturated rings. The van der Waals surface area contributed by atoms with E-state index in [9.17, 15) is 18.8 Å². The average Bonchev–Trinajstić information content (AvgIpc) is 3.41. The first-order valence-corrected chi connectivity index (χ1v) is 11.3. The highest BCUT2D eigenvalue weighted by Gasteiger charge is 2.28. The summed E-state index contributed by atoms with van der Waals surface area (Å²) in [6.45, 7) is 3.55. The Kier molecular flexibility index (Phi) is 8.30. The lowest BCUT2D eigenvalue weighted by molar-refractivity contribution is 0.0506. The van der Waals surface area contributed by atoms with E-state index in [1.54, 1.807) is 6.92 Å². The van der Waals surface area contributed by atoms with Crippen molar-refractivity contribution in [1.82, 2.24) is 0 Å². The van der Waals surface area contributed by atoms with Crippen molar-refractivity contribution in [2.24, 2.45) is 0 Å². The Morgan fingerprint density at radius 1 is 1.18 bits per heavy atom. The van der Waals surface area contributed by atoms with E-state index in [2.05, 4.69) is 5.32 Å². The first-order chi connectivity index (χ1) is 16.2. The van der Waals surface area contributed by atoms with Gasteiger partial charge in [-0.05, 0) is 49.2 Å². The number of thiophene rings is 1. The van der Waals surface area contributed by atoms with Crippen LogP contribution in [0.3, 0.4) is 0 Å². The molecule has 0 saturated heterocycles. The fourth-order valence-electron chi connectivity index (χ4n) is 2.89. The van der Waals surface area contributed by atoms with Gasteiger partial charge in [0.25, 0.3) is 5.91 Å². The number of carbonyl (C=O) groups excluding carboxylic acids is 3. The van der Waals surface area contributed by atoms with Gasteiger partial charge in [0.2, 0.25) is 0 Å². The Balaban J connectivity index is 1.76. The van der Waals surface area contributed by atoms with Crippen LogP contribution in [0.25, 0.3) is 0 Å². The summed E-state index contributed by atoms with van der Waals surface area (Å²) < 4.78 is 34.1. The van der Waals surface area contributed by atoms with Gasteiger partial charge >= 0.3 is 11.9 Å². The van der Waals surface area contributed by atoms with E-state index in [-0.39, 0.29) is 45.2 Å². The molecule has 2 heterocycles. The van der Waals surface area contributed by atoms with Crippen LogP contribution in [0.5, 0.6) is 5.75 Å². The predicted octanol–water partition coefficient (Wildman–Crippen LogP) is 5.63. The quantitative estimate of drug-likeness (QED) is 0.373. The third-order valence-corrected chi connectivity index (χ3v) is 6.02. The van der Waals surface area contributed by atoms with Crippen molar-refractivity contribution in [3.05, 3.63) is 68.7 Å². The monoisotopic (exact) mass is 509 g/mol. The Hall–Kier alpha value is -3.37. The van der Waals surface area contributed by atoms with Gasteiger partial charge in [0.15, 0.2) is 5.76 Å². The minimum atomic E-state index is -0.661. The molecule has 1 amide bonds. The summed E-state index contributed by atoms with van der Waals surface area (Å²) in [4.78, 5) is 37.6. The number of carbonyl (C=O) groups is 3. The van der Waals surface area contributed by atoms with E-state index in [1.807, 2.05) is 6.92 Å². The topological polar surface area (TPSA) is 104 Å². The number of nitrogens with one attached hydrogen (secondary N) is 1. The third kappa shape index (κ3) is 5.75. The van der Waals surface area contributed by atoms with Gasteiger partial charge in [-0.3, -0.25) is 4.79 Å². The van der Waals surface area contributed by atoms with Gasteiger partial charge in [-0.15, -0.1) is 11.3 Å². The summed E-state index contributed by atoms with van der Waals surface area (Å²) in [6.07, 6.45) is 0.612. The fourth-order valence-corrected chi connectivity index (χ4v) is 4.21. The number of esters is 2. The van der Waals surface area contributed by atoms with Gasteiger partial charge in [-0.1, -0.05) is 18.5 Å². The molecule has 180 valence electrons. The van der Waals surface area contributed by atoms with Gasteiger partial charge in [-0.2, -0.15) is 0 Å². The van der Waals surface area contributed by atoms with E-state index in [0.29, 0.717) is 17.7 Å². The van der Waals surface area contributed by atoms with Crippen molar-refractivity contribution in [3.8, 4) is 5.75 Å². The molecule has 0 aliphatic rings. The fraction of sp³-hybridized carbons (Fsp3) is 0.261. The zero-order chi connectivity index (χ0) is 24.8. The van der Waals surface area contributed by atoms with Crippen LogP contribution in [0.2, 0.25) is 5.02 Å². The molecule has 0 bridgehead atoms. The molecule has 0 aliphatic heterocycles. The highest BCUT2D eigenvalue weighted by atomic mass is 35.5. The summed E-state index contributed by atoms with van der Waals surface area (Å²) in [5.41, 5.74) is 0.422. The molecule has 8 nitrogen and oxygen atoms in total. The van der Waals surface area contributed by atoms with E-state index in [0.717, 1.165) is 17.4 Å². The van der Waals surface area contributed by atoms with Gasteiger partial charge in [0.1, 0.15) is 33.8 Å². The molecular weight excluding hydrogens is 489 g/mol. The molecule has 0 spiro atoms. The van der Waals surface area contributed by atoms with Crippen LogP contribution in [0.4, 0.5) is 9.39 Å². The first-order valence-electron chi connectivity index (χ1n) is 10.1. The maximum atomic E-state index is 13.2. The molecular formula is C23H21ClFNO7S. The number of ether oxygens (including phenoxy) is 3. The molecule has 0 unspecified atom stereocenters. The minimum Gasteiger partial charge on any atom is -0.484 e. The van der Waals surface area contributed by atoms with Crippen LogP contribution in [0.15, 0.2) is 34.7 Å². The second-order valence-electron chi connectivity index (χ2n) is 6.97. The van der Waals surface area contributed by atoms with Crippen LogP contribution in [0.1, 0.15) is 55.3 Å². The van der Waals surface area contributed by atoms with Crippen LogP contribution in [-0.2, 0) is 16.1 Å². The lowest BCUT2D eigenvalue weighted by atomic mass is 10.1. The van der Waals surface area contributed by atoms with Crippen LogP contribution < -0.4 is 10.1 Å². The molecule has 3 rings (SSSR count). The normalized spacial score (nSPS) is 10.6. The molecule has 0 saturated carbocycles. The second kappa shape index (κ2) is 11.2. The van der Waals surface area contributed by atoms with Gasteiger partial charge in [0.05, 0.1) is 24.3 Å². The molecule has 1 aromatic carbocycles. The first kappa shape index (κ1) is 25.3. The average molecular weight is 510 g/mol. The molecule has 0 radical (unpaired) electrons. The summed E-state index contributed by atoms with van der Waals surface area (Å²) >= 11 is 6.83. The highest BCUT2D eigenvalue weighted by molar-refractivity contribution is 7.18. The zero-order valence-corrected chi connectivity index (χ0v) is 20.1. The number of hydrogen-bond acceptors (Lipinski definition) is 8. The van der Waals surface area contributed by atoms with E-state index < -0.39 is 23.7 Å². The minimum absolute atomic E-state index is 0.0534. The Morgan fingerprint density at radius 2 is 1.94 bits per heavy atom. The number of anilines is 1. The summed E-state index contributed by atoms with van der Waals surface area (Å²) in [7, 11) is 1.22. The zero-order valence-electron chi connectivity index (χ0n) is 18.5. The maximum absolute atomic E-state index is 13.2. The number of hydrogen-bond donors (Lipinski definition) is 1. The Labute approximate surface area is 203 Å². The number of methoxy groups -OCH3 is 1. The lowest BCUT2D eigenvalue weighted by Crippen LogP contribution is -2.14. The second-order valence-corrected chi connectivity index (χ2v) is 8.40. The summed E-state index contributed by atoms with van der Waals surface area (Å²) in [5, 5.41) is 2.83. The van der Waals surface area contributed by atoms with Gasteiger partial charge in [-0.25, -0.2) is 14.0 Å². The number of rotatable bonds is 9. The van der Waals surface area contributed by atoms with Crippen molar-refractivity contribution >= 4 is 45.8 Å². The SMILES string of the molecule is CCCOC(=O)c1c(NC(=O)c2ccc(COc3ccc(F)cc3Cl)o2)sc(C(=O)OC)c1C. The van der Waals surface area contributed by atoms with Crippen molar-refractivity contribution in [2.75, 3.05) is 19.0 Å². The Bertz CT molecular complexity index is 1220. The molecule has 1 N–H and O–H groups in total. The number of furan rings is 1. The predicted molar refractivity (Wildman–Crippen MR) is 123 cm³/mol. The van der Waals surface area contributed by atoms with Crippen molar-refractivity contribution < 1.29 is 37.4 Å². The van der Waals surface area contributed by atoms with E-state index in [1.165, 1.54) is 31.4 Å². The molecule has 3 aromatic rings. The largest absolute Gasteiger partial charge is 0.484 e. The lowest BCUT2D eigenvalue weighted by Gasteiger charge is -2.07. The van der Waals surface area contributed by atoms with Gasteiger partial charge in [0, 0.05) is 0 Å². The molecule has 34 heavy (non-hydrogen) atoms. The number of halogens is 2. The standard InChI is InChI=1S/C23H21ClFNO7S/c1-4-9-31-22(28)18-12(2)19(23(29)30-3)34-21(18)26-20(27)17-8-6-14(33-17)11-32-16-7-5-13(25)10-15(16)24/h5-8,10H,4,9,11H2,1-3H3,(H,26,27). The maximum Gasteiger partial charge on any atom is 0.348 e. The van der Waals surface area contributed by atoms with E-state index >= 15 is 0 Å². The van der Waals surface area contributed by atoms with Crippen LogP contribution >= 0.6 is 22.9 Å². The Morgan fingerprint density at radius 3 is 2.62 bits per heavy atom. The van der Waals surface area contributed by atoms with Crippen molar-refractivity contribution in [1.29, 1.82) is 0 Å².